The molecule has 1 aliphatic heterocycles. The van der Waals surface area contributed by atoms with Gasteiger partial charge in [-0.1, -0.05) is 13.3 Å². The molecule has 0 aliphatic carbocycles. The first-order valence-corrected chi connectivity index (χ1v) is 7.39. The summed E-state index contributed by atoms with van der Waals surface area (Å²) in [4.78, 5) is 0. The summed E-state index contributed by atoms with van der Waals surface area (Å²) in [5, 5.41) is 0.978. The third kappa shape index (κ3) is 3.61. The fraction of sp³-hybridized carbons (Fsp3) is 1.00. The van der Waals surface area contributed by atoms with Crippen LogP contribution in [0.1, 0.15) is 32.6 Å². The van der Waals surface area contributed by atoms with Crippen molar-refractivity contribution in [1.29, 1.82) is 0 Å². The molecule has 0 aromatic rings. The smallest absolute Gasteiger partial charge is 0.00729 e. The van der Waals surface area contributed by atoms with Gasteiger partial charge in [-0.15, -0.1) is 0 Å². The van der Waals surface area contributed by atoms with E-state index in [-0.39, 0.29) is 0 Å². The van der Waals surface area contributed by atoms with Crippen LogP contribution in [0.15, 0.2) is 0 Å². The van der Waals surface area contributed by atoms with E-state index >= 15 is 0 Å². The minimum absolute atomic E-state index is 0.947. The van der Waals surface area contributed by atoms with Gasteiger partial charge in [0.2, 0.25) is 0 Å². The van der Waals surface area contributed by atoms with Gasteiger partial charge in [-0.05, 0) is 42.9 Å². The zero-order valence-corrected chi connectivity index (χ0v) is 9.85. The number of hydrogen-bond donors (Lipinski definition) is 0. The maximum Gasteiger partial charge on any atom is 0.00729 e. The van der Waals surface area contributed by atoms with Gasteiger partial charge in [0, 0.05) is 5.25 Å². The van der Waals surface area contributed by atoms with Crippen molar-refractivity contribution in [2.75, 3.05) is 17.8 Å². The van der Waals surface area contributed by atoms with E-state index in [4.69, 9.17) is 0 Å². The molecule has 0 spiro atoms. The molecule has 1 fully saturated rings. The molecule has 2 atom stereocenters. The lowest BCUT2D eigenvalue weighted by atomic mass is 10.00. The number of thioether (sulfide) groups is 2. The van der Waals surface area contributed by atoms with Crippen molar-refractivity contribution in [3.8, 4) is 0 Å². The molecular formula is C10H20S2. The van der Waals surface area contributed by atoms with Gasteiger partial charge >= 0.3 is 0 Å². The van der Waals surface area contributed by atoms with Crippen molar-refractivity contribution < 1.29 is 0 Å². The first-order valence-electron chi connectivity index (χ1n) is 4.95. The second kappa shape index (κ2) is 6.20. The first-order chi connectivity index (χ1) is 5.84. The van der Waals surface area contributed by atoms with E-state index in [1.54, 1.807) is 0 Å². The average Bonchev–Trinajstić information content (AvgIpc) is 2.15. The van der Waals surface area contributed by atoms with E-state index in [2.05, 4.69) is 24.9 Å². The lowest BCUT2D eigenvalue weighted by Gasteiger charge is -2.26. The molecule has 0 aromatic carbocycles. The molecule has 2 unspecified atom stereocenters. The van der Waals surface area contributed by atoms with Crippen molar-refractivity contribution >= 4 is 23.5 Å². The Hall–Kier alpha value is 0.700. The average molecular weight is 204 g/mol. The lowest BCUT2D eigenvalue weighted by Crippen LogP contribution is -2.18. The van der Waals surface area contributed by atoms with Crippen LogP contribution in [-0.2, 0) is 0 Å². The summed E-state index contributed by atoms with van der Waals surface area (Å²) in [6.07, 6.45) is 8.03. The normalized spacial score (nSPS) is 27.0. The van der Waals surface area contributed by atoms with Crippen LogP contribution in [-0.4, -0.2) is 23.0 Å². The quantitative estimate of drug-likeness (QED) is 0.685. The lowest BCUT2D eigenvalue weighted by molar-refractivity contribution is 0.491. The molecule has 1 saturated heterocycles. The van der Waals surface area contributed by atoms with Gasteiger partial charge in [-0.25, -0.2) is 0 Å². The molecule has 72 valence electrons. The number of hydrogen-bond acceptors (Lipinski definition) is 2. The van der Waals surface area contributed by atoms with Crippen LogP contribution in [0.4, 0.5) is 0 Å². The largest absolute Gasteiger partial charge is 0.165 e. The maximum atomic E-state index is 2.43. The second-order valence-electron chi connectivity index (χ2n) is 3.66. The third-order valence-electron chi connectivity index (χ3n) is 2.63. The predicted molar refractivity (Wildman–Crippen MR) is 62.3 cm³/mol. The Morgan fingerprint density at radius 3 is 2.92 bits per heavy atom. The Morgan fingerprint density at radius 2 is 2.33 bits per heavy atom. The van der Waals surface area contributed by atoms with Crippen molar-refractivity contribution in [3.05, 3.63) is 0 Å². The summed E-state index contributed by atoms with van der Waals surface area (Å²) < 4.78 is 0. The monoisotopic (exact) mass is 204 g/mol. The summed E-state index contributed by atoms with van der Waals surface area (Å²) in [5.74, 6) is 3.70. The molecule has 12 heavy (non-hydrogen) atoms. The molecular weight excluding hydrogens is 184 g/mol. The molecule has 0 N–H and O–H groups in total. The second-order valence-corrected chi connectivity index (χ2v) is 6.00. The van der Waals surface area contributed by atoms with E-state index in [0.717, 1.165) is 11.2 Å². The molecule has 1 aliphatic rings. The van der Waals surface area contributed by atoms with E-state index < -0.39 is 0 Å². The zero-order valence-electron chi connectivity index (χ0n) is 8.21. The zero-order chi connectivity index (χ0) is 8.81. The van der Waals surface area contributed by atoms with Crippen molar-refractivity contribution in [3.63, 3.8) is 0 Å². The predicted octanol–water partition coefficient (Wildman–Crippen LogP) is 3.66. The molecule has 1 heterocycles. The SMILES string of the molecule is CSCCC(C)C1CCCCS1. The molecule has 0 aromatic heterocycles. The van der Waals surface area contributed by atoms with Crippen LogP contribution >= 0.6 is 23.5 Å². The molecule has 0 bridgehead atoms. The highest BCUT2D eigenvalue weighted by Crippen LogP contribution is 2.32. The maximum absolute atomic E-state index is 2.43. The van der Waals surface area contributed by atoms with Crippen LogP contribution in [0, 0.1) is 5.92 Å². The van der Waals surface area contributed by atoms with Crippen LogP contribution in [0.5, 0.6) is 0 Å². The summed E-state index contributed by atoms with van der Waals surface area (Å²) in [6, 6.07) is 0. The summed E-state index contributed by atoms with van der Waals surface area (Å²) in [5.41, 5.74) is 0. The Labute approximate surface area is 85.3 Å². The molecule has 0 amide bonds. The van der Waals surface area contributed by atoms with Gasteiger partial charge in [-0.2, -0.15) is 23.5 Å². The van der Waals surface area contributed by atoms with E-state index in [1.165, 1.54) is 37.2 Å². The molecule has 0 nitrogen and oxygen atoms in total. The van der Waals surface area contributed by atoms with E-state index in [0.29, 0.717) is 0 Å². The third-order valence-corrected chi connectivity index (χ3v) is 4.92. The van der Waals surface area contributed by atoms with Crippen LogP contribution in [0.3, 0.4) is 0 Å². The standard InChI is InChI=1S/C10H20S2/c1-9(6-8-11-2)10-5-3-4-7-12-10/h9-10H,3-8H2,1-2H3. The van der Waals surface area contributed by atoms with E-state index in [1.807, 2.05) is 11.8 Å². The van der Waals surface area contributed by atoms with Gasteiger partial charge in [-0.3, -0.25) is 0 Å². The minimum Gasteiger partial charge on any atom is -0.165 e. The van der Waals surface area contributed by atoms with E-state index in [9.17, 15) is 0 Å². The molecule has 0 radical (unpaired) electrons. The molecule has 2 heteroatoms. The van der Waals surface area contributed by atoms with Gasteiger partial charge in [0.25, 0.3) is 0 Å². The fourth-order valence-corrected chi connectivity index (χ4v) is 3.78. The summed E-state index contributed by atoms with van der Waals surface area (Å²) in [7, 11) is 0. The van der Waals surface area contributed by atoms with Gasteiger partial charge in [0.1, 0.15) is 0 Å². The number of rotatable bonds is 4. The first kappa shape index (κ1) is 10.8. The van der Waals surface area contributed by atoms with Crippen molar-refractivity contribution in [2.45, 2.75) is 37.9 Å². The summed E-state index contributed by atoms with van der Waals surface area (Å²) in [6.45, 7) is 2.43. The van der Waals surface area contributed by atoms with Crippen LogP contribution in [0.25, 0.3) is 0 Å². The highest BCUT2D eigenvalue weighted by molar-refractivity contribution is 8.00. The minimum atomic E-state index is 0.947. The highest BCUT2D eigenvalue weighted by atomic mass is 32.2. The van der Waals surface area contributed by atoms with Crippen molar-refractivity contribution in [1.82, 2.24) is 0 Å². The fourth-order valence-electron chi connectivity index (χ4n) is 1.70. The Morgan fingerprint density at radius 1 is 1.50 bits per heavy atom. The molecule has 0 saturated carbocycles. The topological polar surface area (TPSA) is 0 Å². The van der Waals surface area contributed by atoms with Crippen LogP contribution in [0.2, 0.25) is 0 Å². The highest BCUT2D eigenvalue weighted by Gasteiger charge is 2.19. The summed E-state index contributed by atoms with van der Waals surface area (Å²) >= 11 is 4.20. The van der Waals surface area contributed by atoms with Crippen molar-refractivity contribution in [2.24, 2.45) is 5.92 Å². The van der Waals surface area contributed by atoms with Gasteiger partial charge in [0.05, 0.1) is 0 Å². The Kier molecular flexibility index (Phi) is 5.57. The molecule has 1 rings (SSSR count). The Bertz CT molecular complexity index is 108. The van der Waals surface area contributed by atoms with Gasteiger partial charge < -0.3 is 0 Å². The Balaban J connectivity index is 2.15. The van der Waals surface area contributed by atoms with Gasteiger partial charge in [0.15, 0.2) is 0 Å². The van der Waals surface area contributed by atoms with Crippen LogP contribution < -0.4 is 0 Å².